The van der Waals surface area contributed by atoms with Crippen LogP contribution in [0.5, 0.6) is 0 Å². The lowest BCUT2D eigenvalue weighted by Gasteiger charge is -2.22. The second kappa shape index (κ2) is 4.59. The highest BCUT2D eigenvalue weighted by Crippen LogP contribution is 2.44. The molecule has 1 aromatic heterocycles. The van der Waals surface area contributed by atoms with E-state index in [2.05, 4.69) is 15.6 Å². The van der Waals surface area contributed by atoms with Gasteiger partial charge < -0.3 is 10.6 Å². The van der Waals surface area contributed by atoms with E-state index >= 15 is 0 Å². The van der Waals surface area contributed by atoms with Gasteiger partial charge in [0.25, 0.3) is 5.91 Å². The largest absolute Gasteiger partial charge is 0.373 e. The van der Waals surface area contributed by atoms with Gasteiger partial charge >= 0.3 is 0 Å². The van der Waals surface area contributed by atoms with Crippen LogP contribution in [0, 0.1) is 11.8 Å². The summed E-state index contributed by atoms with van der Waals surface area (Å²) in [6, 6.07) is 4.04. The molecule has 1 amide bonds. The van der Waals surface area contributed by atoms with Crippen molar-refractivity contribution in [1.29, 1.82) is 0 Å². The average molecular weight is 245 g/mol. The monoisotopic (exact) mass is 245 g/mol. The number of carbonyl (C=O) groups excluding carboxylic acids is 1. The SMILES string of the molecule is CNc1ccc(C(=O)NC2CC3CCC2C3)cn1. The molecular weight excluding hydrogens is 226 g/mol. The molecular formula is C14H19N3O. The molecule has 1 heterocycles. The smallest absolute Gasteiger partial charge is 0.253 e. The van der Waals surface area contributed by atoms with Crippen LogP contribution < -0.4 is 10.6 Å². The number of anilines is 1. The van der Waals surface area contributed by atoms with Crippen LogP contribution in [0.2, 0.25) is 0 Å². The fourth-order valence-electron chi connectivity index (χ4n) is 3.35. The number of pyridine rings is 1. The molecule has 3 rings (SSSR count). The number of amides is 1. The van der Waals surface area contributed by atoms with Gasteiger partial charge in [0.2, 0.25) is 0 Å². The highest BCUT2D eigenvalue weighted by atomic mass is 16.1. The third-order valence-corrected chi connectivity index (χ3v) is 4.34. The third kappa shape index (κ3) is 2.07. The summed E-state index contributed by atoms with van der Waals surface area (Å²) in [7, 11) is 1.82. The zero-order chi connectivity index (χ0) is 12.5. The van der Waals surface area contributed by atoms with Gasteiger partial charge in [-0.25, -0.2) is 4.98 Å². The molecule has 0 radical (unpaired) electrons. The maximum atomic E-state index is 12.1. The number of carbonyl (C=O) groups is 1. The van der Waals surface area contributed by atoms with E-state index in [0.29, 0.717) is 17.5 Å². The highest BCUT2D eigenvalue weighted by Gasteiger charge is 2.40. The Balaban J connectivity index is 1.64. The molecule has 2 fully saturated rings. The van der Waals surface area contributed by atoms with Crippen molar-refractivity contribution < 1.29 is 4.79 Å². The fraction of sp³-hybridized carbons (Fsp3) is 0.571. The molecule has 2 aliphatic carbocycles. The average Bonchev–Trinajstić information content (AvgIpc) is 3.01. The zero-order valence-corrected chi connectivity index (χ0v) is 10.6. The predicted octanol–water partition coefficient (Wildman–Crippen LogP) is 2.04. The quantitative estimate of drug-likeness (QED) is 0.857. The molecule has 0 spiro atoms. The van der Waals surface area contributed by atoms with Gasteiger partial charge in [-0.1, -0.05) is 6.42 Å². The standard InChI is InChI=1S/C14H19N3O/c1-15-13-5-4-11(8-16-13)14(18)17-12-7-9-2-3-10(12)6-9/h4-5,8-10,12H,2-3,6-7H2,1H3,(H,15,16)(H,17,18). The van der Waals surface area contributed by atoms with E-state index < -0.39 is 0 Å². The van der Waals surface area contributed by atoms with Crippen molar-refractivity contribution in [3.8, 4) is 0 Å². The summed E-state index contributed by atoms with van der Waals surface area (Å²) in [4.78, 5) is 16.3. The van der Waals surface area contributed by atoms with Gasteiger partial charge in [0.1, 0.15) is 5.82 Å². The summed E-state index contributed by atoms with van der Waals surface area (Å²) >= 11 is 0. The van der Waals surface area contributed by atoms with Crippen LogP contribution >= 0.6 is 0 Å². The molecule has 2 N–H and O–H groups in total. The Kier molecular flexibility index (Phi) is 2.94. The van der Waals surface area contributed by atoms with Crippen molar-refractivity contribution in [3.05, 3.63) is 23.9 Å². The summed E-state index contributed by atoms with van der Waals surface area (Å²) in [5, 5.41) is 6.11. The van der Waals surface area contributed by atoms with Crippen LogP contribution in [0.1, 0.15) is 36.0 Å². The van der Waals surface area contributed by atoms with Crippen LogP contribution in [0.25, 0.3) is 0 Å². The minimum absolute atomic E-state index is 0.0164. The summed E-state index contributed by atoms with van der Waals surface area (Å²) in [6.07, 6.45) is 6.75. The number of aromatic nitrogens is 1. The molecule has 4 nitrogen and oxygen atoms in total. The Morgan fingerprint density at radius 1 is 1.33 bits per heavy atom. The van der Waals surface area contributed by atoms with Crippen molar-refractivity contribution in [3.63, 3.8) is 0 Å². The van der Waals surface area contributed by atoms with E-state index in [1.165, 1.54) is 25.7 Å². The number of hydrogen-bond acceptors (Lipinski definition) is 3. The van der Waals surface area contributed by atoms with Crippen molar-refractivity contribution in [1.82, 2.24) is 10.3 Å². The van der Waals surface area contributed by atoms with Gasteiger partial charge in [-0.3, -0.25) is 4.79 Å². The topological polar surface area (TPSA) is 54.0 Å². The molecule has 3 unspecified atom stereocenters. The Hall–Kier alpha value is -1.58. The minimum atomic E-state index is 0.0164. The van der Waals surface area contributed by atoms with Gasteiger partial charge in [-0.15, -0.1) is 0 Å². The van der Waals surface area contributed by atoms with Crippen LogP contribution in [0.15, 0.2) is 18.3 Å². The lowest BCUT2D eigenvalue weighted by molar-refractivity contribution is 0.0922. The van der Waals surface area contributed by atoms with E-state index in [1.807, 2.05) is 19.2 Å². The molecule has 0 saturated heterocycles. The number of rotatable bonds is 3. The second-order valence-electron chi connectivity index (χ2n) is 5.44. The second-order valence-corrected chi connectivity index (χ2v) is 5.44. The summed E-state index contributed by atoms with van der Waals surface area (Å²) in [5.41, 5.74) is 0.650. The Labute approximate surface area is 107 Å². The Bertz CT molecular complexity index is 443. The fourth-order valence-corrected chi connectivity index (χ4v) is 3.35. The third-order valence-electron chi connectivity index (χ3n) is 4.34. The maximum Gasteiger partial charge on any atom is 0.253 e. The van der Waals surface area contributed by atoms with E-state index in [0.717, 1.165) is 11.7 Å². The van der Waals surface area contributed by atoms with E-state index in [1.54, 1.807) is 6.20 Å². The molecule has 2 bridgehead atoms. The first kappa shape index (κ1) is 11.5. The molecule has 18 heavy (non-hydrogen) atoms. The zero-order valence-electron chi connectivity index (χ0n) is 10.6. The number of nitrogens with one attached hydrogen (secondary N) is 2. The molecule has 96 valence electrons. The normalized spacial score (nSPS) is 29.3. The molecule has 0 aromatic carbocycles. The number of hydrogen-bond donors (Lipinski definition) is 2. The molecule has 4 heteroatoms. The maximum absolute atomic E-state index is 12.1. The van der Waals surface area contributed by atoms with Crippen LogP contribution in [0.4, 0.5) is 5.82 Å². The molecule has 2 saturated carbocycles. The van der Waals surface area contributed by atoms with Crippen molar-refractivity contribution in [2.75, 3.05) is 12.4 Å². The summed E-state index contributed by atoms with van der Waals surface area (Å²) in [6.45, 7) is 0. The van der Waals surface area contributed by atoms with Gasteiger partial charge in [-0.05, 0) is 43.2 Å². The van der Waals surface area contributed by atoms with Crippen molar-refractivity contribution in [2.45, 2.75) is 31.7 Å². The van der Waals surface area contributed by atoms with E-state index in [4.69, 9.17) is 0 Å². The Morgan fingerprint density at radius 2 is 2.22 bits per heavy atom. The van der Waals surface area contributed by atoms with Gasteiger partial charge in [-0.2, -0.15) is 0 Å². The molecule has 2 aliphatic rings. The van der Waals surface area contributed by atoms with Crippen molar-refractivity contribution >= 4 is 11.7 Å². The molecule has 3 atom stereocenters. The van der Waals surface area contributed by atoms with Crippen LogP contribution in [0.3, 0.4) is 0 Å². The first-order chi connectivity index (χ1) is 8.76. The van der Waals surface area contributed by atoms with Gasteiger partial charge in [0.05, 0.1) is 5.56 Å². The number of fused-ring (bicyclic) bond motifs is 2. The summed E-state index contributed by atoms with van der Waals surface area (Å²) in [5.74, 6) is 2.36. The number of nitrogens with zero attached hydrogens (tertiary/aromatic N) is 1. The van der Waals surface area contributed by atoms with Gasteiger partial charge in [0.15, 0.2) is 0 Å². The van der Waals surface area contributed by atoms with Crippen LogP contribution in [-0.4, -0.2) is 24.0 Å². The first-order valence-electron chi connectivity index (χ1n) is 6.71. The van der Waals surface area contributed by atoms with Gasteiger partial charge in [0, 0.05) is 19.3 Å². The lowest BCUT2D eigenvalue weighted by atomic mass is 9.95. The first-order valence-corrected chi connectivity index (χ1v) is 6.71. The molecule has 0 aliphatic heterocycles. The predicted molar refractivity (Wildman–Crippen MR) is 70.5 cm³/mol. The highest BCUT2D eigenvalue weighted by molar-refractivity contribution is 5.94. The minimum Gasteiger partial charge on any atom is -0.373 e. The van der Waals surface area contributed by atoms with E-state index in [9.17, 15) is 4.79 Å². The van der Waals surface area contributed by atoms with E-state index in [-0.39, 0.29) is 5.91 Å². The molecule has 1 aromatic rings. The summed E-state index contributed by atoms with van der Waals surface area (Å²) < 4.78 is 0. The lowest BCUT2D eigenvalue weighted by Crippen LogP contribution is -2.38. The Morgan fingerprint density at radius 3 is 2.78 bits per heavy atom. The van der Waals surface area contributed by atoms with Crippen molar-refractivity contribution in [2.24, 2.45) is 11.8 Å². The van der Waals surface area contributed by atoms with Crippen LogP contribution in [-0.2, 0) is 0 Å².